The summed E-state index contributed by atoms with van der Waals surface area (Å²) in [4.78, 5) is 14.0. The van der Waals surface area contributed by atoms with E-state index in [2.05, 4.69) is 66.2 Å². The Morgan fingerprint density at radius 2 is 2.00 bits per heavy atom. The Morgan fingerprint density at radius 1 is 1.20 bits per heavy atom. The number of benzene rings is 2. The normalized spacial score (nSPS) is 17.4. The van der Waals surface area contributed by atoms with Crippen LogP contribution in [-0.2, 0) is 16.0 Å². The number of likely N-dealkylation sites (tertiary alicyclic amines) is 1. The number of nitrogens with zero attached hydrogens (tertiary/aromatic N) is 2. The van der Waals surface area contributed by atoms with E-state index in [1.807, 2.05) is 6.07 Å². The third-order valence-electron chi connectivity index (χ3n) is 7.34. The lowest BCUT2D eigenvalue weighted by molar-refractivity contribution is -0.151. The predicted molar refractivity (Wildman–Crippen MR) is 139 cm³/mol. The largest absolute Gasteiger partial charge is 0.485 e. The molecule has 3 aromatic rings. The number of aromatic nitrogens is 2. The minimum absolute atomic E-state index is 0.0237. The van der Waals surface area contributed by atoms with Crippen molar-refractivity contribution in [2.24, 2.45) is 11.8 Å². The van der Waals surface area contributed by atoms with E-state index in [1.165, 1.54) is 29.4 Å². The summed E-state index contributed by atoms with van der Waals surface area (Å²) in [6, 6.07) is 12.6. The summed E-state index contributed by atoms with van der Waals surface area (Å²) in [5, 5.41) is 8.53. The minimum Gasteiger partial charge on any atom is -0.485 e. The van der Waals surface area contributed by atoms with Crippen molar-refractivity contribution in [2.75, 3.05) is 26.7 Å². The molecule has 5 rings (SSSR count). The number of hydrogen-bond donors (Lipinski definition) is 1. The number of esters is 1. The number of hydrogen-bond acceptors (Lipinski definition) is 5. The number of H-pyrrole nitrogens is 1. The quantitative estimate of drug-likeness (QED) is 0.420. The van der Waals surface area contributed by atoms with E-state index in [4.69, 9.17) is 21.1 Å². The average Bonchev–Trinajstić information content (AvgIpc) is 3.20. The molecule has 0 bridgehead atoms. The number of ether oxygens (including phenoxy) is 2. The van der Waals surface area contributed by atoms with E-state index in [1.54, 1.807) is 0 Å². The predicted octanol–water partition coefficient (Wildman–Crippen LogP) is 5.82. The van der Waals surface area contributed by atoms with Crippen molar-refractivity contribution < 1.29 is 14.3 Å². The van der Waals surface area contributed by atoms with Crippen LogP contribution in [0.4, 0.5) is 0 Å². The van der Waals surface area contributed by atoms with Gasteiger partial charge in [0.15, 0.2) is 0 Å². The molecule has 0 saturated carbocycles. The monoisotopic (exact) mass is 493 g/mol. The SMILES string of the molecule is COC(=O)C1CN(CC2=C(C)c3ccc(OC(c4ccc5n[nH]c(Cl)c5c4)C(C)C)cc3CC2)C1. The molecule has 1 N–H and O–H groups in total. The lowest BCUT2D eigenvalue weighted by Gasteiger charge is -2.39. The van der Waals surface area contributed by atoms with Gasteiger partial charge >= 0.3 is 5.97 Å². The van der Waals surface area contributed by atoms with Gasteiger partial charge in [-0.2, -0.15) is 5.10 Å². The number of nitrogens with one attached hydrogen (secondary N) is 1. The molecule has 184 valence electrons. The summed E-state index contributed by atoms with van der Waals surface area (Å²) in [5.41, 5.74) is 7.38. The summed E-state index contributed by atoms with van der Waals surface area (Å²) in [6.07, 6.45) is 1.94. The maximum absolute atomic E-state index is 11.7. The van der Waals surface area contributed by atoms with Crippen molar-refractivity contribution in [1.82, 2.24) is 15.1 Å². The van der Waals surface area contributed by atoms with Crippen LogP contribution in [0.3, 0.4) is 0 Å². The highest BCUT2D eigenvalue weighted by atomic mass is 35.5. The van der Waals surface area contributed by atoms with Crippen LogP contribution in [0.5, 0.6) is 5.75 Å². The first-order valence-corrected chi connectivity index (χ1v) is 12.6. The summed E-state index contributed by atoms with van der Waals surface area (Å²) in [6.45, 7) is 9.05. The Kier molecular flexibility index (Phi) is 6.60. The third-order valence-corrected chi connectivity index (χ3v) is 7.63. The Morgan fingerprint density at radius 3 is 2.74 bits per heavy atom. The van der Waals surface area contributed by atoms with E-state index in [-0.39, 0.29) is 23.9 Å². The van der Waals surface area contributed by atoms with Gasteiger partial charge in [0.2, 0.25) is 0 Å². The van der Waals surface area contributed by atoms with Crippen LogP contribution in [0, 0.1) is 11.8 Å². The summed E-state index contributed by atoms with van der Waals surface area (Å²) < 4.78 is 11.4. The second-order valence-corrected chi connectivity index (χ2v) is 10.4. The molecule has 0 amide bonds. The Bertz CT molecular complexity index is 1290. The van der Waals surface area contributed by atoms with Crippen LogP contribution in [0.15, 0.2) is 42.0 Å². The van der Waals surface area contributed by atoms with Gasteiger partial charge in [0.25, 0.3) is 0 Å². The highest BCUT2D eigenvalue weighted by Crippen LogP contribution is 2.37. The molecule has 35 heavy (non-hydrogen) atoms. The average molecular weight is 494 g/mol. The zero-order valence-corrected chi connectivity index (χ0v) is 21.5. The fourth-order valence-electron chi connectivity index (χ4n) is 5.27. The standard InChI is InChI=1S/C28H32ClN3O3/c1-16(2)26(19-7-10-25-24(12-19)27(29)31-30-25)35-22-8-9-23-17(3)20(6-5-18(23)11-22)13-32-14-21(15-32)28(33)34-4/h7-12,16,21,26H,5-6,13-15H2,1-4H3,(H,30,31). The molecule has 1 aliphatic heterocycles. The van der Waals surface area contributed by atoms with Gasteiger partial charge < -0.3 is 9.47 Å². The number of aryl methyl sites for hydroxylation is 1. The fraction of sp³-hybridized carbons (Fsp3) is 0.429. The zero-order chi connectivity index (χ0) is 24.7. The topological polar surface area (TPSA) is 67.4 Å². The summed E-state index contributed by atoms with van der Waals surface area (Å²) >= 11 is 6.28. The number of fused-ring (bicyclic) bond motifs is 2. The van der Waals surface area contributed by atoms with E-state index >= 15 is 0 Å². The highest BCUT2D eigenvalue weighted by molar-refractivity contribution is 6.34. The lowest BCUT2D eigenvalue weighted by atomic mass is 9.85. The molecule has 2 aromatic carbocycles. The van der Waals surface area contributed by atoms with Gasteiger partial charge in [-0.1, -0.05) is 43.2 Å². The highest BCUT2D eigenvalue weighted by Gasteiger charge is 2.34. The number of carbonyl (C=O) groups is 1. The molecule has 1 fully saturated rings. The molecule has 0 radical (unpaired) electrons. The van der Waals surface area contributed by atoms with Gasteiger partial charge in [-0.15, -0.1) is 0 Å². The maximum atomic E-state index is 11.7. The molecule has 6 nitrogen and oxygen atoms in total. The van der Waals surface area contributed by atoms with Gasteiger partial charge in [-0.25, -0.2) is 0 Å². The molecule has 1 aromatic heterocycles. The van der Waals surface area contributed by atoms with E-state index in [9.17, 15) is 4.79 Å². The number of carbonyl (C=O) groups excluding carboxylic acids is 1. The zero-order valence-electron chi connectivity index (χ0n) is 20.7. The Balaban J connectivity index is 1.32. The first kappa shape index (κ1) is 23.9. The van der Waals surface area contributed by atoms with Gasteiger partial charge in [-0.05, 0) is 72.2 Å². The Labute approximate surface area is 211 Å². The first-order chi connectivity index (χ1) is 16.8. The molecule has 1 atom stereocenters. The Hall–Kier alpha value is -2.83. The molecule has 1 saturated heterocycles. The van der Waals surface area contributed by atoms with Crippen LogP contribution in [0.2, 0.25) is 5.15 Å². The van der Waals surface area contributed by atoms with Crippen molar-refractivity contribution >= 4 is 34.0 Å². The second-order valence-electron chi connectivity index (χ2n) is 10.1. The van der Waals surface area contributed by atoms with Crippen molar-refractivity contribution in [2.45, 2.75) is 39.7 Å². The molecular weight excluding hydrogens is 462 g/mol. The van der Waals surface area contributed by atoms with Crippen LogP contribution in [0.25, 0.3) is 16.5 Å². The molecule has 7 heteroatoms. The molecule has 0 spiro atoms. The van der Waals surface area contributed by atoms with Crippen LogP contribution in [-0.4, -0.2) is 47.8 Å². The fourth-order valence-corrected chi connectivity index (χ4v) is 5.46. The van der Waals surface area contributed by atoms with E-state index in [0.717, 1.165) is 54.7 Å². The van der Waals surface area contributed by atoms with Crippen molar-refractivity contribution in [3.63, 3.8) is 0 Å². The summed E-state index contributed by atoms with van der Waals surface area (Å²) in [7, 11) is 1.46. The van der Waals surface area contributed by atoms with Gasteiger partial charge in [-0.3, -0.25) is 14.8 Å². The molecule has 1 aliphatic carbocycles. The van der Waals surface area contributed by atoms with E-state index < -0.39 is 0 Å². The van der Waals surface area contributed by atoms with Crippen LogP contribution < -0.4 is 4.74 Å². The van der Waals surface area contributed by atoms with Crippen LogP contribution >= 0.6 is 11.6 Å². The number of allylic oxidation sites excluding steroid dienone is 1. The number of halogens is 1. The smallest absolute Gasteiger partial charge is 0.311 e. The van der Waals surface area contributed by atoms with E-state index in [0.29, 0.717) is 5.15 Å². The van der Waals surface area contributed by atoms with Gasteiger partial charge in [0, 0.05) is 25.0 Å². The second kappa shape index (κ2) is 9.67. The minimum atomic E-state index is -0.0963. The number of rotatable bonds is 7. The van der Waals surface area contributed by atoms with Gasteiger partial charge in [0.05, 0.1) is 18.5 Å². The van der Waals surface area contributed by atoms with Crippen molar-refractivity contribution in [3.8, 4) is 5.75 Å². The van der Waals surface area contributed by atoms with Crippen molar-refractivity contribution in [3.05, 3.63) is 63.8 Å². The molecule has 1 unspecified atom stereocenters. The maximum Gasteiger partial charge on any atom is 0.311 e. The molecule has 2 heterocycles. The third kappa shape index (κ3) is 4.69. The van der Waals surface area contributed by atoms with Crippen LogP contribution in [0.1, 0.15) is 50.0 Å². The summed E-state index contributed by atoms with van der Waals surface area (Å²) in [5.74, 6) is 1.10. The number of aromatic amines is 1. The molecular formula is C28H32ClN3O3. The number of methoxy groups -OCH3 is 1. The lowest BCUT2D eigenvalue weighted by Crippen LogP contribution is -2.51. The van der Waals surface area contributed by atoms with Gasteiger partial charge in [0.1, 0.15) is 17.0 Å². The first-order valence-electron chi connectivity index (χ1n) is 12.3. The molecule has 2 aliphatic rings. The van der Waals surface area contributed by atoms with Crippen molar-refractivity contribution in [1.29, 1.82) is 0 Å².